The minimum atomic E-state index is -3.89. The minimum absolute atomic E-state index is 0.0199. The van der Waals surface area contributed by atoms with Crippen LogP contribution in [-0.2, 0) is 33.9 Å². The number of ether oxygens (including phenoxy) is 2. The number of aromatic nitrogens is 1. The number of fused-ring (bicyclic) bond motifs is 3. The third-order valence-electron chi connectivity index (χ3n) is 9.97. The summed E-state index contributed by atoms with van der Waals surface area (Å²) in [6.45, 7) is 9.47. The Morgan fingerprint density at radius 3 is 2.62 bits per heavy atom. The van der Waals surface area contributed by atoms with Crippen molar-refractivity contribution in [3.8, 4) is 5.88 Å². The van der Waals surface area contributed by atoms with Crippen LogP contribution in [0.25, 0.3) is 16.8 Å². The fourth-order valence-electron chi connectivity index (χ4n) is 6.74. The lowest BCUT2D eigenvalue weighted by atomic mass is 9.77. The first-order chi connectivity index (χ1) is 23.6. The van der Waals surface area contributed by atoms with Gasteiger partial charge in [-0.2, -0.15) is 0 Å². The molecule has 1 saturated heterocycles. The van der Waals surface area contributed by atoms with Crippen LogP contribution >= 0.6 is 11.6 Å². The van der Waals surface area contributed by atoms with Crippen molar-refractivity contribution in [2.75, 3.05) is 13.2 Å². The lowest BCUT2D eigenvalue weighted by Crippen LogP contribution is -2.57. The normalized spacial score (nSPS) is 28.2. The molecule has 5 atom stereocenters. The van der Waals surface area contributed by atoms with E-state index >= 15 is 0 Å². The fourth-order valence-corrected chi connectivity index (χ4v) is 8.30. The molecule has 0 unspecified atom stereocenters. The molecule has 12 nitrogen and oxygen atoms in total. The monoisotopic (exact) mass is 726 g/mol. The van der Waals surface area contributed by atoms with Crippen LogP contribution in [0.5, 0.6) is 5.88 Å². The summed E-state index contributed by atoms with van der Waals surface area (Å²) in [4.78, 5) is 61.0. The second-order valence-electron chi connectivity index (χ2n) is 14.8. The lowest BCUT2D eigenvalue weighted by molar-refractivity contribution is -0.153. The maximum atomic E-state index is 14.5. The number of cyclic esters (lactones) is 1. The highest BCUT2D eigenvalue weighted by molar-refractivity contribution is 7.91. The number of hydrogen-bond donors (Lipinski definition) is 2. The highest BCUT2D eigenvalue weighted by Gasteiger charge is 2.62. The maximum absolute atomic E-state index is 14.5. The van der Waals surface area contributed by atoms with Crippen LogP contribution in [0.4, 0.5) is 0 Å². The van der Waals surface area contributed by atoms with Crippen molar-refractivity contribution < 1.29 is 37.1 Å². The van der Waals surface area contributed by atoms with E-state index in [1.54, 1.807) is 6.07 Å². The SMILES string of the molecule is C=C[C@H]1C[C@]1(NC(=O)[C@@H]1C[C@@H]2CN1C(=O)[C@H](C(C)(C)C)CC(=O)OCCC/C=C/c1ccc3cc(Cl)nc(c3c1)O2)C(=O)NS(=O)(=O)C1CC1. The Morgan fingerprint density at radius 1 is 1.18 bits per heavy atom. The summed E-state index contributed by atoms with van der Waals surface area (Å²) in [6, 6.07) is 6.38. The zero-order valence-electron chi connectivity index (χ0n) is 28.4. The molecular weight excluding hydrogens is 684 g/mol. The summed E-state index contributed by atoms with van der Waals surface area (Å²) < 4.78 is 39.4. The zero-order valence-corrected chi connectivity index (χ0v) is 30.0. The second kappa shape index (κ2) is 13.6. The second-order valence-corrected chi connectivity index (χ2v) is 17.1. The topological polar surface area (TPSA) is 161 Å². The van der Waals surface area contributed by atoms with E-state index in [2.05, 4.69) is 21.6 Å². The van der Waals surface area contributed by atoms with Gasteiger partial charge in [-0.25, -0.2) is 13.4 Å². The number of carbonyl (C=O) groups is 4. The van der Waals surface area contributed by atoms with Crippen molar-refractivity contribution in [1.29, 1.82) is 0 Å². The molecule has 2 aromatic rings. The van der Waals surface area contributed by atoms with Gasteiger partial charge in [-0.1, -0.05) is 62.7 Å². The van der Waals surface area contributed by atoms with Gasteiger partial charge in [0, 0.05) is 17.7 Å². The van der Waals surface area contributed by atoms with Gasteiger partial charge in [-0.05, 0) is 60.6 Å². The largest absolute Gasteiger partial charge is 0.472 e. The summed E-state index contributed by atoms with van der Waals surface area (Å²) in [5.41, 5.74) is -1.34. The predicted molar refractivity (Wildman–Crippen MR) is 187 cm³/mol. The molecule has 1 aromatic heterocycles. The Balaban J connectivity index is 1.35. The van der Waals surface area contributed by atoms with Gasteiger partial charge in [0.1, 0.15) is 22.8 Å². The molecule has 2 N–H and O–H groups in total. The maximum Gasteiger partial charge on any atom is 0.306 e. The molecule has 50 heavy (non-hydrogen) atoms. The fraction of sp³-hybridized carbons (Fsp3) is 0.528. The summed E-state index contributed by atoms with van der Waals surface area (Å²) >= 11 is 6.40. The standard InChI is InChI=1S/C36H43ClN4O8S/c1-5-23-19-36(23,34(45)40-50(46,47)25-12-13-25)39-31(43)28-17-24-20-41(28)33(44)27(35(2,3)4)18-30(42)48-14-8-6-7-9-21-10-11-22-16-29(37)38-32(49-24)26(22)15-21/h5,7,9-11,15-16,23-25,27-28H,1,6,8,12-14,17-20H2,2-4H3,(H,39,43)(H,40,45)/b9-7+/t23-,24+,27+,28-,36+/m0/s1. The van der Waals surface area contributed by atoms with Gasteiger partial charge in [0.2, 0.25) is 27.7 Å². The molecule has 4 aliphatic rings. The van der Waals surface area contributed by atoms with Crippen LogP contribution in [0.15, 0.2) is 43.0 Å². The molecule has 2 aliphatic heterocycles. The van der Waals surface area contributed by atoms with Gasteiger partial charge in [-0.15, -0.1) is 6.58 Å². The van der Waals surface area contributed by atoms with E-state index in [0.717, 1.165) is 10.9 Å². The summed E-state index contributed by atoms with van der Waals surface area (Å²) in [6.07, 6.45) is 6.92. The van der Waals surface area contributed by atoms with Gasteiger partial charge >= 0.3 is 5.97 Å². The van der Waals surface area contributed by atoms with Crippen molar-refractivity contribution >= 4 is 62.2 Å². The van der Waals surface area contributed by atoms with Gasteiger partial charge < -0.3 is 19.7 Å². The smallest absolute Gasteiger partial charge is 0.306 e. The number of nitrogens with one attached hydrogen (secondary N) is 2. The Kier molecular flexibility index (Phi) is 9.77. The van der Waals surface area contributed by atoms with Crippen LogP contribution in [0.1, 0.15) is 71.3 Å². The first kappa shape index (κ1) is 35.8. The number of allylic oxidation sites excluding steroid dienone is 1. The van der Waals surface area contributed by atoms with E-state index in [1.165, 1.54) is 11.0 Å². The molecule has 3 heterocycles. The van der Waals surface area contributed by atoms with Crippen molar-refractivity contribution in [1.82, 2.24) is 19.9 Å². The van der Waals surface area contributed by atoms with Gasteiger partial charge in [-0.3, -0.25) is 23.9 Å². The number of halogens is 1. The Bertz CT molecular complexity index is 1870. The molecule has 2 aliphatic carbocycles. The third-order valence-corrected chi connectivity index (χ3v) is 12.0. The predicted octanol–water partition coefficient (Wildman–Crippen LogP) is 4.31. The van der Waals surface area contributed by atoms with Crippen molar-refractivity contribution in [2.45, 2.75) is 88.7 Å². The molecule has 6 rings (SSSR count). The van der Waals surface area contributed by atoms with E-state index < -0.39 is 73.9 Å². The number of hydrogen-bond acceptors (Lipinski definition) is 9. The Labute approximate surface area is 297 Å². The number of sulfonamides is 1. The van der Waals surface area contributed by atoms with E-state index in [9.17, 15) is 27.6 Å². The number of nitrogens with zero attached hydrogens (tertiary/aromatic N) is 2. The van der Waals surface area contributed by atoms with E-state index in [1.807, 2.05) is 51.1 Å². The molecule has 14 heteroatoms. The molecule has 268 valence electrons. The van der Waals surface area contributed by atoms with Crippen molar-refractivity contribution in [2.24, 2.45) is 17.3 Å². The van der Waals surface area contributed by atoms with Crippen LogP contribution in [0, 0.1) is 17.3 Å². The number of amides is 3. The molecule has 3 fully saturated rings. The summed E-state index contributed by atoms with van der Waals surface area (Å²) in [5.74, 6) is -3.56. The Hall–Kier alpha value is -3.97. The lowest BCUT2D eigenvalue weighted by Gasteiger charge is -2.35. The molecule has 2 saturated carbocycles. The number of pyridine rings is 1. The van der Waals surface area contributed by atoms with Gasteiger partial charge in [0.15, 0.2) is 0 Å². The van der Waals surface area contributed by atoms with Crippen LogP contribution in [-0.4, -0.2) is 78.1 Å². The third kappa shape index (κ3) is 7.53. The number of benzene rings is 1. The van der Waals surface area contributed by atoms with Crippen LogP contribution in [0.2, 0.25) is 5.15 Å². The highest BCUT2D eigenvalue weighted by atomic mass is 35.5. The van der Waals surface area contributed by atoms with E-state index in [-0.39, 0.29) is 43.4 Å². The van der Waals surface area contributed by atoms with Gasteiger partial charge in [0.25, 0.3) is 5.91 Å². The van der Waals surface area contributed by atoms with Crippen molar-refractivity contribution in [3.63, 3.8) is 0 Å². The Morgan fingerprint density at radius 2 is 1.94 bits per heavy atom. The average molecular weight is 727 g/mol. The van der Waals surface area contributed by atoms with Gasteiger partial charge in [0.05, 0.1) is 30.7 Å². The molecule has 0 spiro atoms. The average Bonchev–Trinajstić information content (AvgIpc) is 3.97. The van der Waals surface area contributed by atoms with E-state index in [4.69, 9.17) is 21.1 Å². The molecule has 1 aromatic carbocycles. The quantitative estimate of drug-likeness (QED) is 0.251. The minimum Gasteiger partial charge on any atom is -0.472 e. The van der Waals surface area contributed by atoms with E-state index in [0.29, 0.717) is 31.1 Å². The number of rotatable bonds is 6. The molecule has 4 bridgehead atoms. The number of esters is 1. The first-order valence-electron chi connectivity index (χ1n) is 17.0. The van der Waals surface area contributed by atoms with Crippen LogP contribution in [0.3, 0.4) is 0 Å². The summed E-state index contributed by atoms with van der Waals surface area (Å²) in [7, 11) is -3.89. The zero-order chi connectivity index (χ0) is 36.0. The first-order valence-corrected chi connectivity index (χ1v) is 18.9. The molecular formula is C36H43ClN4O8S. The molecule has 0 radical (unpaired) electrons. The highest BCUT2D eigenvalue weighted by Crippen LogP contribution is 2.46. The number of carbonyl (C=O) groups excluding carboxylic acids is 4. The summed E-state index contributed by atoms with van der Waals surface area (Å²) in [5, 5.41) is 3.87. The van der Waals surface area contributed by atoms with Crippen LogP contribution < -0.4 is 14.8 Å². The van der Waals surface area contributed by atoms with Crippen molar-refractivity contribution in [3.05, 3.63) is 53.7 Å². The molecule has 3 amide bonds.